The van der Waals surface area contributed by atoms with Crippen LogP contribution >= 0.6 is 31.9 Å². The summed E-state index contributed by atoms with van der Waals surface area (Å²) in [6.45, 7) is -0.112. The van der Waals surface area contributed by atoms with Gasteiger partial charge in [-0.15, -0.1) is 0 Å². The van der Waals surface area contributed by atoms with Crippen molar-refractivity contribution in [3.05, 3.63) is 21.1 Å². The minimum absolute atomic E-state index is 0.0582. The molecule has 1 fully saturated rings. The lowest BCUT2D eigenvalue weighted by molar-refractivity contribution is 0.226. The molecule has 2 rings (SSSR count). The van der Waals surface area contributed by atoms with Crippen molar-refractivity contribution in [1.82, 2.24) is 4.31 Å². The van der Waals surface area contributed by atoms with Gasteiger partial charge >= 0.3 is 0 Å². The van der Waals surface area contributed by atoms with Crippen molar-refractivity contribution in [1.29, 1.82) is 0 Å². The first-order valence-corrected chi connectivity index (χ1v) is 9.77. The number of aliphatic hydroxyl groups is 1. The normalized spacial score (nSPS) is 16.8. The Labute approximate surface area is 141 Å². The second-order valence-electron chi connectivity index (χ2n) is 5.08. The molecule has 0 spiro atoms. The fourth-order valence-corrected chi connectivity index (χ4v) is 6.45. The highest BCUT2D eigenvalue weighted by atomic mass is 79.9. The Hall–Kier alpha value is -0.150. The zero-order chi connectivity index (χ0) is 15.6. The number of anilines is 1. The van der Waals surface area contributed by atoms with Crippen LogP contribution in [-0.2, 0) is 10.0 Å². The summed E-state index contributed by atoms with van der Waals surface area (Å²) in [4.78, 5) is 0.0750. The van der Waals surface area contributed by atoms with Crippen LogP contribution in [0.1, 0.15) is 25.7 Å². The van der Waals surface area contributed by atoms with E-state index in [0.717, 1.165) is 25.7 Å². The van der Waals surface area contributed by atoms with Gasteiger partial charge in [0.2, 0.25) is 10.0 Å². The summed E-state index contributed by atoms with van der Waals surface area (Å²) < 4.78 is 28.4. The predicted molar refractivity (Wildman–Crippen MR) is 89.5 cm³/mol. The molecule has 0 heterocycles. The molecule has 1 aliphatic rings. The van der Waals surface area contributed by atoms with Crippen molar-refractivity contribution in [3.63, 3.8) is 0 Å². The number of benzene rings is 1. The van der Waals surface area contributed by atoms with E-state index in [9.17, 15) is 13.5 Å². The van der Waals surface area contributed by atoms with Crippen molar-refractivity contribution < 1.29 is 13.5 Å². The van der Waals surface area contributed by atoms with E-state index < -0.39 is 10.0 Å². The molecule has 0 atom stereocenters. The third kappa shape index (κ3) is 3.61. The van der Waals surface area contributed by atoms with Crippen molar-refractivity contribution in [2.75, 3.05) is 18.9 Å². The third-order valence-corrected chi connectivity index (χ3v) is 7.07. The molecule has 5 nitrogen and oxygen atoms in total. The standard InChI is InChI=1S/C13H18Br2N2O3S/c14-9-7-11(15)13(12(16)8-9)21(19,20)17(5-6-18)10-3-1-2-4-10/h7-8,10,18H,1-6,16H2. The molecule has 1 aromatic rings. The van der Waals surface area contributed by atoms with Gasteiger partial charge in [0, 0.05) is 21.5 Å². The van der Waals surface area contributed by atoms with Gasteiger partial charge in [-0.1, -0.05) is 28.8 Å². The number of aliphatic hydroxyl groups excluding tert-OH is 1. The van der Waals surface area contributed by atoms with Gasteiger partial charge in [0.15, 0.2) is 0 Å². The van der Waals surface area contributed by atoms with Crippen LogP contribution in [0.3, 0.4) is 0 Å². The molecule has 0 bridgehead atoms. The third-order valence-electron chi connectivity index (χ3n) is 3.66. The van der Waals surface area contributed by atoms with E-state index in [2.05, 4.69) is 31.9 Å². The largest absolute Gasteiger partial charge is 0.398 e. The van der Waals surface area contributed by atoms with Gasteiger partial charge in [-0.3, -0.25) is 0 Å². The molecule has 0 saturated heterocycles. The van der Waals surface area contributed by atoms with Crippen molar-refractivity contribution in [2.24, 2.45) is 0 Å². The summed E-state index contributed by atoms with van der Waals surface area (Å²) in [5.41, 5.74) is 6.10. The number of hydrogen-bond acceptors (Lipinski definition) is 4. The Morgan fingerprint density at radius 2 is 1.90 bits per heavy atom. The lowest BCUT2D eigenvalue weighted by atomic mass is 10.2. The maximum Gasteiger partial charge on any atom is 0.246 e. The second-order valence-corrected chi connectivity index (χ2v) is 8.68. The van der Waals surface area contributed by atoms with E-state index >= 15 is 0 Å². The average Bonchev–Trinajstić information content (AvgIpc) is 2.87. The number of rotatable bonds is 5. The maximum absolute atomic E-state index is 13.0. The maximum atomic E-state index is 13.0. The first-order valence-electron chi connectivity index (χ1n) is 6.75. The fraction of sp³-hybridized carbons (Fsp3) is 0.538. The predicted octanol–water partition coefficient (Wildman–Crippen LogP) is 2.72. The Morgan fingerprint density at radius 3 is 2.43 bits per heavy atom. The molecule has 1 saturated carbocycles. The number of hydrogen-bond donors (Lipinski definition) is 2. The summed E-state index contributed by atoms with van der Waals surface area (Å²) in [5, 5.41) is 9.23. The number of nitrogens with zero attached hydrogens (tertiary/aromatic N) is 1. The number of halogens is 2. The van der Waals surface area contributed by atoms with E-state index in [1.54, 1.807) is 12.1 Å². The van der Waals surface area contributed by atoms with Gasteiger partial charge in [-0.05, 0) is 40.9 Å². The van der Waals surface area contributed by atoms with E-state index in [0.29, 0.717) is 8.95 Å². The molecule has 8 heteroatoms. The van der Waals surface area contributed by atoms with E-state index in [-0.39, 0.29) is 29.8 Å². The molecule has 0 unspecified atom stereocenters. The molecular formula is C13H18Br2N2O3S. The van der Waals surface area contributed by atoms with Crippen molar-refractivity contribution in [2.45, 2.75) is 36.6 Å². The topological polar surface area (TPSA) is 83.6 Å². The average molecular weight is 442 g/mol. The minimum atomic E-state index is -3.74. The van der Waals surface area contributed by atoms with E-state index in [1.165, 1.54) is 4.31 Å². The number of nitrogens with two attached hydrogens (primary N) is 1. The first kappa shape index (κ1) is 17.2. The second kappa shape index (κ2) is 6.95. The molecule has 21 heavy (non-hydrogen) atoms. The van der Waals surface area contributed by atoms with Gasteiger partial charge in [0.25, 0.3) is 0 Å². The van der Waals surface area contributed by atoms with Crippen LogP contribution in [0, 0.1) is 0 Å². The Kier molecular flexibility index (Phi) is 5.70. The molecule has 0 aliphatic heterocycles. The van der Waals surface area contributed by atoms with Gasteiger partial charge in [-0.2, -0.15) is 4.31 Å². The van der Waals surface area contributed by atoms with Crippen molar-refractivity contribution in [3.8, 4) is 0 Å². The summed E-state index contributed by atoms with van der Waals surface area (Å²) in [5.74, 6) is 0. The molecule has 0 amide bonds. The van der Waals surface area contributed by atoms with Crippen LogP contribution in [-0.4, -0.2) is 37.0 Å². The molecule has 3 N–H and O–H groups in total. The highest BCUT2D eigenvalue weighted by Crippen LogP contribution is 2.36. The molecular weight excluding hydrogens is 424 g/mol. The quantitative estimate of drug-likeness (QED) is 0.688. The summed E-state index contributed by atoms with van der Waals surface area (Å²) in [6, 6.07) is 3.18. The Morgan fingerprint density at radius 1 is 1.29 bits per heavy atom. The Balaban J connectivity index is 2.48. The molecule has 0 aromatic heterocycles. The first-order chi connectivity index (χ1) is 9.87. The van der Waals surface area contributed by atoms with E-state index in [1.807, 2.05) is 0 Å². The monoisotopic (exact) mass is 440 g/mol. The van der Waals surface area contributed by atoms with Crippen LogP contribution in [0.2, 0.25) is 0 Å². The van der Waals surface area contributed by atoms with E-state index in [4.69, 9.17) is 5.73 Å². The molecule has 0 radical (unpaired) electrons. The number of nitrogen functional groups attached to an aromatic ring is 1. The van der Waals surface area contributed by atoms with Crippen LogP contribution in [0.15, 0.2) is 26.0 Å². The highest BCUT2D eigenvalue weighted by Gasteiger charge is 2.35. The number of sulfonamides is 1. The summed E-state index contributed by atoms with van der Waals surface area (Å²) in [7, 11) is -3.74. The van der Waals surface area contributed by atoms with Crippen LogP contribution in [0.4, 0.5) is 5.69 Å². The zero-order valence-corrected chi connectivity index (χ0v) is 15.4. The minimum Gasteiger partial charge on any atom is -0.398 e. The van der Waals surface area contributed by atoms with Gasteiger partial charge < -0.3 is 10.8 Å². The molecule has 1 aromatic carbocycles. The zero-order valence-electron chi connectivity index (χ0n) is 11.4. The van der Waals surface area contributed by atoms with Gasteiger partial charge in [0.1, 0.15) is 4.90 Å². The van der Waals surface area contributed by atoms with Gasteiger partial charge in [0.05, 0.1) is 12.3 Å². The molecule has 118 valence electrons. The van der Waals surface area contributed by atoms with Crippen LogP contribution in [0.5, 0.6) is 0 Å². The Bertz CT molecular complexity index is 593. The van der Waals surface area contributed by atoms with Crippen LogP contribution < -0.4 is 5.73 Å². The van der Waals surface area contributed by atoms with Crippen molar-refractivity contribution >= 4 is 47.6 Å². The highest BCUT2D eigenvalue weighted by molar-refractivity contribution is 9.11. The summed E-state index contributed by atoms with van der Waals surface area (Å²) in [6.07, 6.45) is 3.68. The van der Waals surface area contributed by atoms with Gasteiger partial charge in [-0.25, -0.2) is 8.42 Å². The SMILES string of the molecule is Nc1cc(Br)cc(Br)c1S(=O)(=O)N(CCO)C1CCCC1. The smallest absolute Gasteiger partial charge is 0.246 e. The lowest BCUT2D eigenvalue weighted by Crippen LogP contribution is -2.41. The molecule has 1 aliphatic carbocycles. The lowest BCUT2D eigenvalue weighted by Gasteiger charge is -2.28. The fourth-order valence-electron chi connectivity index (χ4n) is 2.76. The summed E-state index contributed by atoms with van der Waals surface area (Å²) >= 11 is 6.57. The van der Waals surface area contributed by atoms with Crippen LogP contribution in [0.25, 0.3) is 0 Å².